The molecular formula is C22H26N. The molecular weight excluding hydrogens is 278 g/mol. The average Bonchev–Trinajstić information content (AvgIpc) is 2.99. The third kappa shape index (κ3) is 2.67. The first kappa shape index (κ1) is 14.8. The van der Waals surface area contributed by atoms with Gasteiger partial charge < -0.3 is 0 Å². The molecule has 0 N–H and O–H groups in total. The molecule has 0 bridgehead atoms. The molecule has 1 heteroatoms. The van der Waals surface area contributed by atoms with E-state index in [1.165, 1.54) is 73.7 Å². The Morgan fingerprint density at radius 2 is 1.39 bits per heavy atom. The molecule has 0 atom stereocenters. The van der Waals surface area contributed by atoms with E-state index in [-0.39, 0.29) is 5.41 Å². The molecule has 0 saturated heterocycles. The molecule has 0 spiro atoms. The number of fused-ring (bicyclic) bond motifs is 3. The fourth-order valence-corrected chi connectivity index (χ4v) is 4.42. The predicted octanol–water partition coefficient (Wildman–Crippen LogP) is 6.63. The van der Waals surface area contributed by atoms with Gasteiger partial charge in [-0.2, -0.15) is 0 Å². The second-order valence-corrected chi connectivity index (χ2v) is 7.51. The molecule has 119 valence electrons. The van der Waals surface area contributed by atoms with E-state index in [0.29, 0.717) is 0 Å². The third-order valence-electron chi connectivity index (χ3n) is 5.82. The Hall–Kier alpha value is -1.76. The van der Waals surface area contributed by atoms with Crippen LogP contribution in [-0.4, -0.2) is 0 Å². The van der Waals surface area contributed by atoms with Gasteiger partial charge in [-0.1, -0.05) is 81.8 Å². The Bertz CT molecular complexity index is 691. The van der Waals surface area contributed by atoms with E-state index >= 15 is 0 Å². The summed E-state index contributed by atoms with van der Waals surface area (Å²) >= 11 is 0. The summed E-state index contributed by atoms with van der Waals surface area (Å²) in [7, 11) is 0. The second-order valence-electron chi connectivity index (χ2n) is 7.51. The van der Waals surface area contributed by atoms with Crippen molar-refractivity contribution in [2.45, 2.75) is 63.7 Å². The van der Waals surface area contributed by atoms with Gasteiger partial charge in [0.15, 0.2) is 0 Å². The van der Waals surface area contributed by atoms with E-state index in [9.17, 15) is 0 Å². The lowest BCUT2D eigenvalue weighted by atomic mass is 9.73. The standard InChI is InChI=1S/C22H26N/c1-22(15-8-4-2-3-5-9-16-22)19-13-10-12-18-17-11-6-7-14-20(17)23-21(18)19/h6-7,10-14H,2-5,8-9,15-16H2,1H3. The maximum absolute atomic E-state index is 5.01. The van der Waals surface area contributed by atoms with Crippen LogP contribution in [0.5, 0.6) is 0 Å². The zero-order chi connectivity index (χ0) is 15.7. The summed E-state index contributed by atoms with van der Waals surface area (Å²) in [4.78, 5) is 0. The number of hydrogen-bond acceptors (Lipinski definition) is 0. The number of rotatable bonds is 1. The molecule has 1 fully saturated rings. The third-order valence-corrected chi connectivity index (χ3v) is 5.82. The lowest BCUT2D eigenvalue weighted by molar-refractivity contribution is 0.381. The second kappa shape index (κ2) is 6.03. The molecule has 1 nitrogen and oxygen atoms in total. The van der Waals surface area contributed by atoms with Gasteiger partial charge in [-0.15, -0.1) is 0 Å². The van der Waals surface area contributed by atoms with Gasteiger partial charge in [0.25, 0.3) is 0 Å². The number of nitrogens with zero attached hydrogens (tertiary/aromatic N) is 1. The minimum atomic E-state index is 0.279. The molecule has 0 amide bonds. The fourth-order valence-electron chi connectivity index (χ4n) is 4.42. The van der Waals surface area contributed by atoms with Crippen molar-refractivity contribution < 1.29 is 0 Å². The lowest BCUT2D eigenvalue weighted by Crippen LogP contribution is -2.23. The maximum Gasteiger partial charge on any atom is 0.0753 e. The van der Waals surface area contributed by atoms with Crippen LogP contribution in [0.25, 0.3) is 11.1 Å². The molecule has 2 aromatic rings. The number of para-hydroxylation sites is 2. The van der Waals surface area contributed by atoms with Crippen molar-refractivity contribution in [1.29, 1.82) is 0 Å². The van der Waals surface area contributed by atoms with Crippen LogP contribution in [0, 0.1) is 0 Å². The summed E-state index contributed by atoms with van der Waals surface area (Å²) in [5, 5.41) is 5.01. The molecule has 2 aromatic carbocycles. The van der Waals surface area contributed by atoms with Gasteiger partial charge in [0.2, 0.25) is 0 Å². The monoisotopic (exact) mass is 304 g/mol. The Morgan fingerprint density at radius 3 is 2.17 bits per heavy atom. The maximum atomic E-state index is 5.01. The highest BCUT2D eigenvalue weighted by Crippen LogP contribution is 2.49. The van der Waals surface area contributed by atoms with Crippen LogP contribution in [0.2, 0.25) is 0 Å². The SMILES string of the molecule is CC1(c2cccc3c2[N]c2ccccc2-3)CCCCCCCC1. The van der Waals surface area contributed by atoms with Crippen molar-refractivity contribution in [3.05, 3.63) is 48.0 Å². The van der Waals surface area contributed by atoms with Gasteiger partial charge in [-0.25, -0.2) is 5.32 Å². The Kier molecular flexibility index (Phi) is 3.88. The van der Waals surface area contributed by atoms with E-state index < -0.39 is 0 Å². The van der Waals surface area contributed by atoms with Crippen LogP contribution in [0.1, 0.15) is 63.9 Å². The fraction of sp³-hybridized carbons (Fsp3) is 0.455. The summed E-state index contributed by atoms with van der Waals surface area (Å²) in [5.74, 6) is 0. The highest BCUT2D eigenvalue weighted by Gasteiger charge is 2.32. The van der Waals surface area contributed by atoms with Crippen LogP contribution in [0.3, 0.4) is 0 Å². The van der Waals surface area contributed by atoms with Crippen LogP contribution >= 0.6 is 0 Å². The molecule has 1 radical (unpaired) electrons. The average molecular weight is 304 g/mol. The molecule has 1 aliphatic carbocycles. The zero-order valence-electron chi connectivity index (χ0n) is 14.1. The van der Waals surface area contributed by atoms with Crippen molar-refractivity contribution in [1.82, 2.24) is 5.32 Å². The molecule has 1 heterocycles. The first-order valence-electron chi connectivity index (χ1n) is 9.23. The van der Waals surface area contributed by atoms with Crippen molar-refractivity contribution in [2.75, 3.05) is 0 Å². The Morgan fingerprint density at radius 1 is 0.739 bits per heavy atom. The first-order valence-corrected chi connectivity index (χ1v) is 9.23. The quantitative estimate of drug-likeness (QED) is 0.479. The van der Waals surface area contributed by atoms with E-state index in [1.54, 1.807) is 0 Å². The number of benzene rings is 2. The normalized spacial score (nSPS) is 19.7. The van der Waals surface area contributed by atoms with Crippen molar-refractivity contribution in [2.24, 2.45) is 0 Å². The van der Waals surface area contributed by atoms with Crippen molar-refractivity contribution >= 4 is 11.4 Å². The highest BCUT2D eigenvalue weighted by atomic mass is 14.9. The van der Waals surface area contributed by atoms with Crippen LogP contribution in [-0.2, 0) is 5.41 Å². The van der Waals surface area contributed by atoms with Crippen molar-refractivity contribution in [3.63, 3.8) is 0 Å². The lowest BCUT2D eigenvalue weighted by Gasteiger charge is -2.31. The van der Waals surface area contributed by atoms with Gasteiger partial charge in [0.05, 0.1) is 11.4 Å². The topological polar surface area (TPSA) is 14.1 Å². The Labute approximate surface area is 140 Å². The largest absolute Gasteiger partial charge is 0.247 e. The summed E-state index contributed by atoms with van der Waals surface area (Å²) in [5.41, 5.74) is 6.78. The van der Waals surface area contributed by atoms with Crippen LogP contribution in [0.4, 0.5) is 11.4 Å². The highest BCUT2D eigenvalue weighted by molar-refractivity contribution is 5.92. The van der Waals surface area contributed by atoms with Gasteiger partial charge in [0.1, 0.15) is 0 Å². The summed E-state index contributed by atoms with van der Waals surface area (Å²) < 4.78 is 0. The summed E-state index contributed by atoms with van der Waals surface area (Å²) in [6.45, 7) is 2.48. The summed E-state index contributed by atoms with van der Waals surface area (Å²) in [6.07, 6.45) is 10.9. The van der Waals surface area contributed by atoms with Gasteiger partial charge >= 0.3 is 0 Å². The molecule has 4 rings (SSSR count). The molecule has 0 aromatic heterocycles. The zero-order valence-corrected chi connectivity index (χ0v) is 14.1. The molecule has 1 aliphatic heterocycles. The summed E-state index contributed by atoms with van der Waals surface area (Å²) in [6, 6.07) is 15.4. The number of hydrogen-bond donors (Lipinski definition) is 0. The van der Waals surface area contributed by atoms with Crippen LogP contribution in [0.15, 0.2) is 42.5 Å². The van der Waals surface area contributed by atoms with Crippen molar-refractivity contribution in [3.8, 4) is 11.1 Å². The van der Waals surface area contributed by atoms with E-state index in [0.717, 1.165) is 5.69 Å². The minimum absolute atomic E-state index is 0.279. The smallest absolute Gasteiger partial charge is 0.0753 e. The van der Waals surface area contributed by atoms with Gasteiger partial charge in [-0.3, -0.25) is 0 Å². The van der Waals surface area contributed by atoms with E-state index in [1.807, 2.05) is 0 Å². The van der Waals surface area contributed by atoms with Crippen LogP contribution < -0.4 is 5.32 Å². The van der Waals surface area contributed by atoms with Gasteiger partial charge in [-0.05, 0) is 29.9 Å². The molecule has 1 saturated carbocycles. The van der Waals surface area contributed by atoms with Gasteiger partial charge in [0, 0.05) is 11.1 Å². The Balaban J connectivity index is 1.75. The molecule has 0 unspecified atom stereocenters. The van der Waals surface area contributed by atoms with E-state index in [4.69, 9.17) is 5.32 Å². The predicted molar refractivity (Wildman–Crippen MR) is 97.6 cm³/mol. The first-order chi connectivity index (χ1) is 11.3. The molecule has 23 heavy (non-hydrogen) atoms. The molecule has 2 aliphatic rings. The minimum Gasteiger partial charge on any atom is -0.247 e. The van der Waals surface area contributed by atoms with E-state index in [2.05, 4.69) is 49.4 Å².